The van der Waals surface area contributed by atoms with E-state index in [-0.39, 0.29) is 12.1 Å². The molecule has 4 heteroatoms. The van der Waals surface area contributed by atoms with Crippen LogP contribution in [0.25, 0.3) is 0 Å². The average molecular weight is 338 g/mol. The Labute approximate surface area is 149 Å². The molecular formula is C21H26N2O2. The Morgan fingerprint density at radius 1 is 1.12 bits per heavy atom. The van der Waals surface area contributed by atoms with Gasteiger partial charge in [-0.1, -0.05) is 31.2 Å². The maximum atomic E-state index is 12.4. The van der Waals surface area contributed by atoms with Crippen LogP contribution in [-0.2, 0) is 12.8 Å². The van der Waals surface area contributed by atoms with Crippen molar-refractivity contribution in [3.8, 4) is 5.75 Å². The number of ether oxygens (including phenoxy) is 1. The first-order valence-electron chi connectivity index (χ1n) is 9.03. The number of anilines is 1. The molecule has 2 aromatic rings. The van der Waals surface area contributed by atoms with Gasteiger partial charge in [-0.05, 0) is 60.9 Å². The molecule has 0 saturated heterocycles. The summed E-state index contributed by atoms with van der Waals surface area (Å²) in [6.07, 6.45) is 5.72. The molecule has 4 nitrogen and oxygen atoms in total. The number of fused-ring (bicyclic) bond motifs is 1. The maximum Gasteiger partial charge on any atom is 0.319 e. The van der Waals surface area contributed by atoms with Crippen LogP contribution in [0, 0.1) is 0 Å². The molecule has 2 aromatic carbocycles. The van der Waals surface area contributed by atoms with Crippen LogP contribution in [0.1, 0.15) is 48.9 Å². The van der Waals surface area contributed by atoms with Gasteiger partial charge in [-0.2, -0.15) is 0 Å². The molecule has 0 aromatic heterocycles. The highest BCUT2D eigenvalue weighted by Crippen LogP contribution is 2.26. The molecule has 1 atom stereocenters. The molecule has 132 valence electrons. The van der Waals surface area contributed by atoms with Gasteiger partial charge in [0, 0.05) is 11.8 Å². The summed E-state index contributed by atoms with van der Waals surface area (Å²) in [6.45, 7) is 2.09. The molecule has 1 aliphatic rings. The summed E-state index contributed by atoms with van der Waals surface area (Å²) in [6, 6.07) is 13.8. The monoisotopic (exact) mass is 338 g/mol. The van der Waals surface area contributed by atoms with E-state index in [1.165, 1.54) is 36.0 Å². The fourth-order valence-electron chi connectivity index (χ4n) is 3.42. The van der Waals surface area contributed by atoms with Crippen LogP contribution < -0.4 is 15.4 Å². The number of nitrogens with one attached hydrogen (secondary N) is 2. The van der Waals surface area contributed by atoms with Gasteiger partial charge in [0.25, 0.3) is 0 Å². The van der Waals surface area contributed by atoms with E-state index in [0.29, 0.717) is 0 Å². The second kappa shape index (κ2) is 8.06. The third-order valence-electron chi connectivity index (χ3n) is 4.82. The number of rotatable bonds is 5. The largest absolute Gasteiger partial charge is 0.497 e. The first-order valence-corrected chi connectivity index (χ1v) is 9.03. The Bertz CT molecular complexity index is 742. The van der Waals surface area contributed by atoms with Crippen molar-refractivity contribution < 1.29 is 9.53 Å². The molecule has 1 unspecified atom stereocenters. The molecule has 0 fully saturated rings. The quantitative estimate of drug-likeness (QED) is 0.819. The standard InChI is InChI=1S/C21H26N2O2/c1-3-20(17-12-11-15-7-4-5-8-16(15)13-17)23-21(24)22-18-9-6-10-19(14-18)25-2/h6,9-14,20H,3-5,7-8H2,1-2H3,(H2,22,23,24). The van der Waals surface area contributed by atoms with E-state index in [0.717, 1.165) is 24.3 Å². The molecule has 0 aliphatic heterocycles. The Balaban J connectivity index is 1.68. The average Bonchev–Trinajstić information content (AvgIpc) is 2.66. The number of hydrogen-bond donors (Lipinski definition) is 2. The van der Waals surface area contributed by atoms with E-state index in [1.807, 2.05) is 18.2 Å². The number of methoxy groups -OCH3 is 1. The van der Waals surface area contributed by atoms with Gasteiger partial charge >= 0.3 is 6.03 Å². The second-order valence-corrected chi connectivity index (χ2v) is 6.53. The van der Waals surface area contributed by atoms with Gasteiger partial charge in [0.1, 0.15) is 5.75 Å². The van der Waals surface area contributed by atoms with E-state index >= 15 is 0 Å². The van der Waals surface area contributed by atoms with Gasteiger partial charge in [-0.3, -0.25) is 0 Å². The van der Waals surface area contributed by atoms with Crippen molar-refractivity contribution in [2.24, 2.45) is 0 Å². The van der Waals surface area contributed by atoms with Crippen LogP contribution in [0.5, 0.6) is 5.75 Å². The predicted octanol–water partition coefficient (Wildman–Crippen LogP) is 4.85. The highest BCUT2D eigenvalue weighted by Gasteiger charge is 2.16. The van der Waals surface area contributed by atoms with Gasteiger partial charge in [0.05, 0.1) is 13.2 Å². The van der Waals surface area contributed by atoms with Gasteiger partial charge in [0.2, 0.25) is 0 Å². The third-order valence-corrected chi connectivity index (χ3v) is 4.82. The summed E-state index contributed by atoms with van der Waals surface area (Å²) in [5.41, 5.74) is 4.81. The van der Waals surface area contributed by atoms with Gasteiger partial charge in [-0.25, -0.2) is 4.79 Å². The Morgan fingerprint density at radius 2 is 1.92 bits per heavy atom. The number of amides is 2. The summed E-state index contributed by atoms with van der Waals surface area (Å²) >= 11 is 0. The number of carbonyl (C=O) groups is 1. The number of hydrogen-bond acceptors (Lipinski definition) is 2. The van der Waals surface area contributed by atoms with Crippen LogP contribution in [0.4, 0.5) is 10.5 Å². The maximum absolute atomic E-state index is 12.4. The Hall–Kier alpha value is -2.49. The van der Waals surface area contributed by atoms with Crippen LogP contribution in [0.15, 0.2) is 42.5 Å². The van der Waals surface area contributed by atoms with E-state index < -0.39 is 0 Å². The lowest BCUT2D eigenvalue weighted by Gasteiger charge is -2.22. The molecule has 0 radical (unpaired) electrons. The van der Waals surface area contributed by atoms with Crippen molar-refractivity contribution in [1.82, 2.24) is 5.32 Å². The number of carbonyl (C=O) groups excluding carboxylic acids is 1. The zero-order chi connectivity index (χ0) is 17.6. The van der Waals surface area contributed by atoms with Crippen molar-refractivity contribution in [1.29, 1.82) is 0 Å². The number of benzene rings is 2. The molecule has 1 aliphatic carbocycles. The zero-order valence-corrected chi connectivity index (χ0v) is 15.0. The summed E-state index contributed by atoms with van der Waals surface area (Å²) in [4.78, 5) is 12.4. The smallest absolute Gasteiger partial charge is 0.319 e. The lowest BCUT2D eigenvalue weighted by atomic mass is 9.89. The summed E-state index contributed by atoms with van der Waals surface area (Å²) in [5.74, 6) is 0.722. The normalized spacial score (nSPS) is 14.3. The Morgan fingerprint density at radius 3 is 2.68 bits per heavy atom. The zero-order valence-electron chi connectivity index (χ0n) is 15.0. The third kappa shape index (κ3) is 4.32. The van der Waals surface area contributed by atoms with Gasteiger partial charge < -0.3 is 15.4 Å². The first kappa shape index (κ1) is 17.3. The van der Waals surface area contributed by atoms with E-state index in [1.54, 1.807) is 13.2 Å². The molecule has 2 N–H and O–H groups in total. The van der Waals surface area contributed by atoms with Crippen LogP contribution in [0.2, 0.25) is 0 Å². The fourth-order valence-corrected chi connectivity index (χ4v) is 3.42. The minimum atomic E-state index is -0.196. The predicted molar refractivity (Wildman–Crippen MR) is 101 cm³/mol. The van der Waals surface area contributed by atoms with Crippen LogP contribution in [-0.4, -0.2) is 13.1 Å². The Kier molecular flexibility index (Phi) is 5.59. The number of aryl methyl sites for hydroxylation is 2. The molecule has 0 spiro atoms. The molecule has 0 bridgehead atoms. The highest BCUT2D eigenvalue weighted by atomic mass is 16.5. The van der Waals surface area contributed by atoms with Crippen molar-refractivity contribution >= 4 is 11.7 Å². The number of urea groups is 1. The fraction of sp³-hybridized carbons (Fsp3) is 0.381. The molecular weight excluding hydrogens is 312 g/mol. The summed E-state index contributed by atoms with van der Waals surface area (Å²) < 4.78 is 5.19. The summed E-state index contributed by atoms with van der Waals surface area (Å²) in [5, 5.41) is 5.97. The van der Waals surface area contributed by atoms with Crippen molar-refractivity contribution in [3.63, 3.8) is 0 Å². The lowest BCUT2D eigenvalue weighted by Crippen LogP contribution is -2.32. The SMILES string of the molecule is CCC(NC(=O)Nc1cccc(OC)c1)c1ccc2c(c1)CCCC2. The van der Waals surface area contributed by atoms with Gasteiger partial charge in [-0.15, -0.1) is 0 Å². The minimum Gasteiger partial charge on any atom is -0.497 e. The molecule has 0 heterocycles. The van der Waals surface area contributed by atoms with E-state index in [9.17, 15) is 4.79 Å². The van der Waals surface area contributed by atoms with Crippen LogP contribution in [0.3, 0.4) is 0 Å². The first-order chi connectivity index (χ1) is 12.2. The van der Waals surface area contributed by atoms with Crippen molar-refractivity contribution in [2.75, 3.05) is 12.4 Å². The van der Waals surface area contributed by atoms with Crippen molar-refractivity contribution in [2.45, 2.75) is 45.1 Å². The highest BCUT2D eigenvalue weighted by molar-refractivity contribution is 5.89. The molecule has 25 heavy (non-hydrogen) atoms. The molecule has 3 rings (SSSR count). The second-order valence-electron chi connectivity index (χ2n) is 6.53. The molecule has 2 amide bonds. The van der Waals surface area contributed by atoms with E-state index in [2.05, 4.69) is 35.8 Å². The van der Waals surface area contributed by atoms with Gasteiger partial charge in [0.15, 0.2) is 0 Å². The summed E-state index contributed by atoms with van der Waals surface area (Å²) in [7, 11) is 1.61. The minimum absolute atomic E-state index is 0.0119. The topological polar surface area (TPSA) is 50.4 Å². The van der Waals surface area contributed by atoms with Crippen molar-refractivity contribution in [3.05, 3.63) is 59.2 Å². The lowest BCUT2D eigenvalue weighted by molar-refractivity contribution is 0.248. The van der Waals surface area contributed by atoms with Crippen LogP contribution >= 0.6 is 0 Å². The van der Waals surface area contributed by atoms with E-state index in [4.69, 9.17) is 4.74 Å². The molecule has 0 saturated carbocycles.